The van der Waals surface area contributed by atoms with Crippen LogP contribution in [0.15, 0.2) is 36.5 Å². The minimum Gasteiger partial charge on any atom is -0.369 e. The number of nitrogens with zero attached hydrogens (tertiary/aromatic N) is 4. The number of carbonyl (C=O) groups is 2. The van der Waals surface area contributed by atoms with Crippen LogP contribution in [-0.2, 0) is 4.79 Å². The number of carbonyl (C=O) groups excluding carboxylic acids is 2. The van der Waals surface area contributed by atoms with Gasteiger partial charge in [0.1, 0.15) is 5.82 Å². The monoisotopic (exact) mass is 393 g/mol. The molecular weight excluding hydrogens is 377 g/mol. The SMILES string of the molecule is CN1CC[C@@](O)(C#Cc2cccc(-n3nc(C(N)=O)c4cc(F)cnc43)c2)C1=O. The van der Waals surface area contributed by atoms with Crippen molar-refractivity contribution in [2.45, 2.75) is 12.0 Å². The number of halogens is 1. The van der Waals surface area contributed by atoms with Crippen LogP contribution in [0.25, 0.3) is 16.7 Å². The van der Waals surface area contributed by atoms with E-state index >= 15 is 0 Å². The molecule has 8 nitrogen and oxygen atoms in total. The molecule has 1 aromatic carbocycles. The van der Waals surface area contributed by atoms with Gasteiger partial charge in [0.2, 0.25) is 5.60 Å². The summed E-state index contributed by atoms with van der Waals surface area (Å²) in [6.07, 6.45) is 1.25. The van der Waals surface area contributed by atoms with Crippen molar-refractivity contribution >= 4 is 22.8 Å². The number of aromatic nitrogens is 3. The molecule has 2 aromatic heterocycles. The summed E-state index contributed by atoms with van der Waals surface area (Å²) in [4.78, 5) is 29.2. The molecule has 0 bridgehead atoms. The van der Waals surface area contributed by atoms with Crippen LogP contribution >= 0.6 is 0 Å². The van der Waals surface area contributed by atoms with E-state index in [0.717, 1.165) is 12.3 Å². The van der Waals surface area contributed by atoms with Crippen LogP contribution in [0.5, 0.6) is 0 Å². The van der Waals surface area contributed by atoms with Crippen LogP contribution in [0, 0.1) is 17.7 Å². The summed E-state index contributed by atoms with van der Waals surface area (Å²) in [5.41, 5.74) is 4.84. The summed E-state index contributed by atoms with van der Waals surface area (Å²) >= 11 is 0. The number of hydrogen-bond donors (Lipinski definition) is 2. The van der Waals surface area contributed by atoms with Gasteiger partial charge in [0, 0.05) is 25.6 Å². The average Bonchev–Trinajstić information content (AvgIpc) is 3.20. The summed E-state index contributed by atoms with van der Waals surface area (Å²) in [5, 5.41) is 14.8. The number of hydrogen-bond acceptors (Lipinski definition) is 5. The van der Waals surface area contributed by atoms with Gasteiger partial charge >= 0.3 is 0 Å². The first kappa shape index (κ1) is 18.6. The molecule has 0 aliphatic carbocycles. The van der Waals surface area contributed by atoms with Crippen molar-refractivity contribution in [2.24, 2.45) is 5.73 Å². The van der Waals surface area contributed by atoms with Gasteiger partial charge in [-0.15, -0.1) is 0 Å². The fraction of sp³-hybridized carbons (Fsp3) is 0.200. The van der Waals surface area contributed by atoms with Crippen molar-refractivity contribution in [3.05, 3.63) is 53.6 Å². The van der Waals surface area contributed by atoms with E-state index in [-0.39, 0.29) is 23.1 Å². The highest BCUT2D eigenvalue weighted by molar-refractivity contribution is 6.03. The maximum Gasteiger partial charge on any atom is 0.269 e. The standard InChI is InChI=1S/C20H16FN5O3/c1-25-8-7-20(29,19(25)28)6-5-12-3-2-4-14(9-12)26-18-15(10-13(21)11-23-18)16(24-26)17(22)27/h2-4,9-11,29H,7-8H2,1H3,(H2,22,27)/t20-/m0/s1. The molecule has 3 aromatic rings. The molecule has 0 saturated carbocycles. The van der Waals surface area contributed by atoms with Gasteiger partial charge in [-0.2, -0.15) is 5.10 Å². The topological polar surface area (TPSA) is 114 Å². The predicted molar refractivity (Wildman–Crippen MR) is 101 cm³/mol. The summed E-state index contributed by atoms with van der Waals surface area (Å²) in [6.45, 7) is 0.432. The first-order chi connectivity index (χ1) is 13.8. The molecule has 0 unspecified atom stereocenters. The molecule has 3 N–H and O–H groups in total. The maximum atomic E-state index is 13.6. The lowest BCUT2D eigenvalue weighted by molar-refractivity contribution is -0.137. The average molecular weight is 393 g/mol. The smallest absolute Gasteiger partial charge is 0.269 e. The van der Waals surface area contributed by atoms with Gasteiger partial charge in [0.05, 0.1) is 17.3 Å². The molecule has 1 aliphatic heterocycles. The minimum atomic E-state index is -1.71. The van der Waals surface area contributed by atoms with Crippen LogP contribution in [0.3, 0.4) is 0 Å². The fourth-order valence-corrected chi connectivity index (χ4v) is 3.20. The molecule has 1 saturated heterocycles. The molecule has 1 atom stereocenters. The van der Waals surface area contributed by atoms with Crippen molar-refractivity contribution in [2.75, 3.05) is 13.6 Å². The first-order valence-corrected chi connectivity index (χ1v) is 8.74. The largest absolute Gasteiger partial charge is 0.369 e. The van der Waals surface area contributed by atoms with E-state index in [1.54, 1.807) is 31.3 Å². The number of amides is 2. The third-order valence-electron chi connectivity index (χ3n) is 4.74. The van der Waals surface area contributed by atoms with Crippen LogP contribution in [-0.4, -0.2) is 55.8 Å². The second kappa shape index (κ2) is 6.68. The predicted octanol–water partition coefficient (Wildman–Crippen LogP) is 0.603. The Morgan fingerprint density at radius 2 is 2.17 bits per heavy atom. The Balaban J connectivity index is 1.77. The number of nitrogens with two attached hydrogens (primary N) is 1. The Labute approximate surface area is 164 Å². The van der Waals surface area contributed by atoms with Gasteiger partial charge in [-0.05, 0) is 24.3 Å². The second-order valence-electron chi connectivity index (χ2n) is 6.79. The van der Waals surface area contributed by atoms with Crippen molar-refractivity contribution in [3.8, 4) is 17.5 Å². The van der Waals surface area contributed by atoms with E-state index in [9.17, 15) is 19.1 Å². The molecule has 1 fully saturated rings. The molecule has 0 radical (unpaired) electrons. The molecule has 3 heterocycles. The Morgan fingerprint density at radius 1 is 1.38 bits per heavy atom. The summed E-state index contributed by atoms with van der Waals surface area (Å²) < 4.78 is 14.9. The zero-order valence-electron chi connectivity index (χ0n) is 15.4. The second-order valence-corrected chi connectivity index (χ2v) is 6.79. The van der Waals surface area contributed by atoms with Crippen molar-refractivity contribution < 1.29 is 19.1 Å². The first-order valence-electron chi connectivity index (χ1n) is 8.74. The molecule has 0 spiro atoms. The summed E-state index contributed by atoms with van der Waals surface area (Å²) in [5.74, 6) is 3.61. The van der Waals surface area contributed by atoms with Crippen molar-refractivity contribution in [1.82, 2.24) is 19.7 Å². The highest BCUT2D eigenvalue weighted by Crippen LogP contribution is 2.23. The number of likely N-dealkylation sites (tertiary alicyclic amines) is 1. The van der Waals surface area contributed by atoms with Crippen LogP contribution in [0.2, 0.25) is 0 Å². The van der Waals surface area contributed by atoms with Crippen LogP contribution in [0.1, 0.15) is 22.5 Å². The van der Waals surface area contributed by atoms with Gasteiger partial charge in [-0.1, -0.05) is 17.9 Å². The lowest BCUT2D eigenvalue weighted by atomic mass is 10.0. The normalized spacial score (nSPS) is 18.7. The zero-order chi connectivity index (χ0) is 20.8. The Morgan fingerprint density at radius 3 is 2.86 bits per heavy atom. The van der Waals surface area contributed by atoms with E-state index in [4.69, 9.17) is 5.73 Å². The van der Waals surface area contributed by atoms with Gasteiger partial charge in [-0.3, -0.25) is 9.59 Å². The van der Waals surface area contributed by atoms with Crippen molar-refractivity contribution in [1.29, 1.82) is 0 Å². The van der Waals surface area contributed by atoms with Crippen LogP contribution in [0.4, 0.5) is 4.39 Å². The Bertz CT molecular complexity index is 1230. The van der Waals surface area contributed by atoms with Gasteiger partial charge in [0.15, 0.2) is 11.3 Å². The molecule has 146 valence electrons. The minimum absolute atomic E-state index is 0.0996. The molecular formula is C20H16FN5O3. The van der Waals surface area contributed by atoms with Crippen molar-refractivity contribution in [3.63, 3.8) is 0 Å². The summed E-state index contributed by atoms with van der Waals surface area (Å²) in [6, 6.07) is 7.91. The van der Waals surface area contributed by atoms with E-state index in [2.05, 4.69) is 21.9 Å². The van der Waals surface area contributed by atoms with E-state index in [1.807, 2.05) is 0 Å². The lowest BCUT2D eigenvalue weighted by Gasteiger charge is -2.13. The number of pyridine rings is 1. The van der Waals surface area contributed by atoms with Gasteiger partial charge in [-0.25, -0.2) is 14.1 Å². The quantitative estimate of drug-likeness (QED) is 0.619. The third-order valence-corrected chi connectivity index (χ3v) is 4.74. The Kier molecular flexibility index (Phi) is 4.28. The number of benzene rings is 1. The molecule has 4 rings (SSSR count). The molecule has 29 heavy (non-hydrogen) atoms. The van der Waals surface area contributed by atoms with Crippen LogP contribution < -0.4 is 5.73 Å². The van der Waals surface area contributed by atoms with E-state index in [0.29, 0.717) is 17.8 Å². The van der Waals surface area contributed by atoms with E-state index in [1.165, 1.54) is 9.58 Å². The number of likely N-dealkylation sites (N-methyl/N-ethyl adjacent to an activating group) is 1. The van der Waals surface area contributed by atoms with Gasteiger partial charge < -0.3 is 15.7 Å². The number of primary amides is 1. The lowest BCUT2D eigenvalue weighted by Crippen LogP contribution is -2.37. The molecule has 9 heteroatoms. The highest BCUT2D eigenvalue weighted by Gasteiger charge is 2.42. The molecule has 1 aliphatic rings. The van der Waals surface area contributed by atoms with Gasteiger partial charge in [0.25, 0.3) is 11.8 Å². The zero-order valence-corrected chi connectivity index (χ0v) is 15.4. The summed E-state index contributed by atoms with van der Waals surface area (Å²) in [7, 11) is 1.61. The number of fused-ring (bicyclic) bond motifs is 1. The number of rotatable bonds is 2. The van der Waals surface area contributed by atoms with E-state index < -0.39 is 23.2 Å². The highest BCUT2D eigenvalue weighted by atomic mass is 19.1. The molecule has 2 amide bonds. The maximum absolute atomic E-state index is 13.6. The number of aliphatic hydroxyl groups is 1. The third kappa shape index (κ3) is 3.19. The fourth-order valence-electron chi connectivity index (χ4n) is 3.20. The Hall–Kier alpha value is -3.77.